The number of hydrogen-bond acceptors (Lipinski definition) is 4. The van der Waals surface area contributed by atoms with E-state index in [0.29, 0.717) is 11.5 Å². The van der Waals surface area contributed by atoms with Gasteiger partial charge in [0.05, 0.1) is 18.9 Å². The predicted molar refractivity (Wildman–Crippen MR) is 80.5 cm³/mol. The molecule has 1 aliphatic rings. The molecule has 1 amide bonds. The Labute approximate surface area is 142 Å². The number of benzene rings is 1. The van der Waals surface area contributed by atoms with Crippen LogP contribution in [0.2, 0.25) is 0 Å². The smallest absolute Gasteiger partial charge is 0.394 e. The summed E-state index contributed by atoms with van der Waals surface area (Å²) in [4.78, 5) is 24.0. The molecule has 0 aliphatic carbocycles. The molecule has 0 radical (unpaired) electrons. The number of nitrogens with zero attached hydrogens (tertiary/aromatic N) is 1. The van der Waals surface area contributed by atoms with Crippen molar-refractivity contribution in [1.82, 2.24) is 4.90 Å². The molecule has 2 rings (SSSR count). The lowest BCUT2D eigenvalue weighted by molar-refractivity contribution is -0.188. The third-order valence-corrected chi connectivity index (χ3v) is 4.14. The van der Waals surface area contributed by atoms with Crippen LogP contribution in [0.1, 0.15) is 5.56 Å². The molecular weight excluding hydrogens is 343 g/mol. The molecule has 1 saturated heterocycles. The molecule has 0 bridgehead atoms. The summed E-state index contributed by atoms with van der Waals surface area (Å²) in [6.45, 7) is 0.149. The number of likely N-dealkylation sites (tertiary alicyclic amines) is 1. The first kappa shape index (κ1) is 18.9. The number of hydrogen-bond donors (Lipinski definition) is 1. The van der Waals surface area contributed by atoms with Crippen molar-refractivity contribution < 1.29 is 37.3 Å². The number of aryl methyl sites for hydroxylation is 1. The van der Waals surface area contributed by atoms with Crippen LogP contribution in [0, 0.1) is 18.8 Å². The summed E-state index contributed by atoms with van der Waals surface area (Å²) in [7, 11) is 1.51. The van der Waals surface area contributed by atoms with E-state index < -0.39 is 49.6 Å². The number of carbonyl (C=O) groups excluding carboxylic acids is 1. The summed E-state index contributed by atoms with van der Waals surface area (Å²) >= 11 is 0. The van der Waals surface area contributed by atoms with E-state index in [4.69, 9.17) is 14.6 Å². The van der Waals surface area contributed by atoms with Gasteiger partial charge in [-0.2, -0.15) is 13.2 Å². The highest BCUT2D eigenvalue weighted by Crippen LogP contribution is 2.37. The van der Waals surface area contributed by atoms with Crippen LogP contribution in [-0.4, -0.2) is 54.9 Å². The Morgan fingerprint density at radius 1 is 1.32 bits per heavy atom. The van der Waals surface area contributed by atoms with Gasteiger partial charge >= 0.3 is 12.1 Å². The van der Waals surface area contributed by atoms with Crippen LogP contribution in [-0.2, 0) is 9.59 Å². The van der Waals surface area contributed by atoms with Crippen molar-refractivity contribution in [2.45, 2.75) is 13.1 Å². The Morgan fingerprint density at radius 2 is 2.00 bits per heavy atom. The lowest BCUT2D eigenvalue weighted by Crippen LogP contribution is -2.35. The zero-order chi connectivity index (χ0) is 18.8. The first-order chi connectivity index (χ1) is 11.6. The molecule has 6 nitrogen and oxygen atoms in total. The van der Waals surface area contributed by atoms with Crippen molar-refractivity contribution in [2.75, 3.05) is 26.8 Å². The average Bonchev–Trinajstić information content (AvgIpc) is 2.98. The van der Waals surface area contributed by atoms with Crippen LogP contribution >= 0.6 is 0 Å². The van der Waals surface area contributed by atoms with E-state index in [0.717, 1.165) is 10.5 Å². The Kier molecular flexibility index (Phi) is 5.44. The number of carboxylic acid groups (broad SMARTS) is 1. The number of carboxylic acids is 1. The summed E-state index contributed by atoms with van der Waals surface area (Å²) in [5.41, 5.74) is 0.775. The van der Waals surface area contributed by atoms with Crippen molar-refractivity contribution in [3.05, 3.63) is 23.8 Å². The van der Waals surface area contributed by atoms with Gasteiger partial charge in [0.1, 0.15) is 11.5 Å². The fourth-order valence-electron chi connectivity index (χ4n) is 2.77. The highest BCUT2D eigenvalue weighted by Gasteiger charge is 2.53. The van der Waals surface area contributed by atoms with Gasteiger partial charge in [-0.25, -0.2) is 0 Å². The quantitative estimate of drug-likeness (QED) is 0.869. The molecule has 1 N–H and O–H groups in total. The van der Waals surface area contributed by atoms with Gasteiger partial charge in [0.2, 0.25) is 0 Å². The van der Waals surface area contributed by atoms with Gasteiger partial charge in [-0.05, 0) is 30.7 Å². The van der Waals surface area contributed by atoms with Crippen LogP contribution < -0.4 is 9.47 Å². The molecule has 138 valence electrons. The Hall–Kier alpha value is -2.45. The Bertz CT molecular complexity index is 662. The molecule has 1 heterocycles. The maximum absolute atomic E-state index is 12.9. The SMILES string of the molecule is COc1ccc(OCC(=O)N2C[C@@H](C(F)(F)F)[C@H](C(=O)O)C2)cc1C. The minimum absolute atomic E-state index is 0.369. The number of alkyl halides is 3. The summed E-state index contributed by atoms with van der Waals surface area (Å²) in [6.07, 6.45) is -4.67. The second kappa shape index (κ2) is 7.20. The van der Waals surface area contributed by atoms with Gasteiger partial charge in [-0.1, -0.05) is 0 Å². The number of amides is 1. The van der Waals surface area contributed by atoms with E-state index in [2.05, 4.69) is 0 Å². The molecule has 0 spiro atoms. The largest absolute Gasteiger partial charge is 0.496 e. The molecule has 1 aromatic carbocycles. The van der Waals surface area contributed by atoms with Gasteiger partial charge < -0.3 is 19.5 Å². The standard InChI is InChI=1S/C16H18F3NO5/c1-9-5-10(3-4-13(9)24-2)25-8-14(21)20-6-11(15(22)23)12(7-20)16(17,18)19/h3-5,11-12H,6-8H2,1-2H3,(H,22,23)/t11-,12-/m1/s1. The number of halogens is 3. The van der Waals surface area contributed by atoms with Gasteiger partial charge in [0.15, 0.2) is 6.61 Å². The van der Waals surface area contributed by atoms with Crippen LogP contribution in [0.5, 0.6) is 11.5 Å². The van der Waals surface area contributed by atoms with E-state index in [9.17, 15) is 22.8 Å². The zero-order valence-corrected chi connectivity index (χ0v) is 13.7. The number of rotatable bonds is 5. The summed E-state index contributed by atoms with van der Waals surface area (Å²) in [5.74, 6) is -4.98. The third kappa shape index (κ3) is 4.34. The third-order valence-electron chi connectivity index (χ3n) is 4.14. The van der Waals surface area contributed by atoms with E-state index in [1.165, 1.54) is 7.11 Å². The first-order valence-electron chi connectivity index (χ1n) is 7.48. The lowest BCUT2D eigenvalue weighted by Gasteiger charge is -2.18. The lowest BCUT2D eigenvalue weighted by atomic mass is 9.96. The Balaban J connectivity index is 1.99. The summed E-state index contributed by atoms with van der Waals surface area (Å²) in [5, 5.41) is 8.95. The number of aliphatic carboxylic acids is 1. The molecule has 2 atom stereocenters. The van der Waals surface area contributed by atoms with Crippen molar-refractivity contribution in [1.29, 1.82) is 0 Å². The van der Waals surface area contributed by atoms with E-state index >= 15 is 0 Å². The van der Waals surface area contributed by atoms with E-state index in [-0.39, 0.29) is 0 Å². The van der Waals surface area contributed by atoms with Crippen molar-refractivity contribution in [3.63, 3.8) is 0 Å². The minimum atomic E-state index is -4.67. The van der Waals surface area contributed by atoms with Crippen LogP contribution in [0.25, 0.3) is 0 Å². The Morgan fingerprint density at radius 3 is 2.48 bits per heavy atom. The van der Waals surface area contributed by atoms with Gasteiger partial charge in [0, 0.05) is 13.1 Å². The molecule has 25 heavy (non-hydrogen) atoms. The molecule has 1 aliphatic heterocycles. The number of carbonyl (C=O) groups is 2. The van der Waals surface area contributed by atoms with Crippen LogP contribution in [0.15, 0.2) is 18.2 Å². The average molecular weight is 361 g/mol. The molecule has 1 fully saturated rings. The first-order valence-corrected chi connectivity index (χ1v) is 7.48. The van der Waals surface area contributed by atoms with E-state index in [1.54, 1.807) is 25.1 Å². The second-order valence-corrected chi connectivity index (χ2v) is 5.81. The minimum Gasteiger partial charge on any atom is -0.496 e. The predicted octanol–water partition coefficient (Wildman–Crippen LogP) is 2.10. The molecule has 9 heteroatoms. The van der Waals surface area contributed by atoms with Gasteiger partial charge in [0.25, 0.3) is 5.91 Å². The molecule has 1 aromatic rings. The monoisotopic (exact) mass is 361 g/mol. The van der Waals surface area contributed by atoms with Crippen LogP contribution in [0.4, 0.5) is 13.2 Å². The molecule has 0 aromatic heterocycles. The van der Waals surface area contributed by atoms with Gasteiger partial charge in [-0.3, -0.25) is 9.59 Å². The molecule has 0 saturated carbocycles. The highest BCUT2D eigenvalue weighted by atomic mass is 19.4. The maximum Gasteiger partial charge on any atom is 0.394 e. The van der Waals surface area contributed by atoms with Crippen molar-refractivity contribution in [2.24, 2.45) is 11.8 Å². The second-order valence-electron chi connectivity index (χ2n) is 5.81. The van der Waals surface area contributed by atoms with Crippen molar-refractivity contribution in [3.8, 4) is 11.5 Å². The maximum atomic E-state index is 12.9. The van der Waals surface area contributed by atoms with Crippen LogP contribution in [0.3, 0.4) is 0 Å². The topological polar surface area (TPSA) is 76.1 Å². The fraction of sp³-hybridized carbons (Fsp3) is 0.500. The summed E-state index contributed by atoms with van der Waals surface area (Å²) in [6, 6.07) is 4.85. The fourth-order valence-corrected chi connectivity index (χ4v) is 2.77. The number of ether oxygens (including phenoxy) is 2. The van der Waals surface area contributed by atoms with Gasteiger partial charge in [-0.15, -0.1) is 0 Å². The van der Waals surface area contributed by atoms with Crippen molar-refractivity contribution >= 4 is 11.9 Å². The number of methoxy groups -OCH3 is 1. The summed E-state index contributed by atoms with van der Waals surface area (Å²) < 4.78 is 49.2. The molecule has 0 unspecified atom stereocenters. The van der Waals surface area contributed by atoms with E-state index in [1.807, 2.05) is 0 Å². The normalized spacial score (nSPS) is 20.4. The highest BCUT2D eigenvalue weighted by molar-refractivity contribution is 5.80. The zero-order valence-electron chi connectivity index (χ0n) is 13.7. The molecular formula is C16H18F3NO5.